The molecule has 1 aliphatic carbocycles. The molecule has 100 valence electrons. The minimum absolute atomic E-state index is 0.164. The Bertz CT molecular complexity index is 440. The molecule has 18 heavy (non-hydrogen) atoms. The smallest absolute Gasteiger partial charge is 0.401 e. The number of halogens is 3. The number of aliphatic carboxylic acids is 1. The third kappa shape index (κ3) is 3.00. The first-order valence-corrected chi connectivity index (χ1v) is 5.43. The molecule has 1 aliphatic rings. The number of nitrogens with one attached hydrogen (secondary N) is 1. The molecule has 1 atom stereocenters. The van der Waals surface area contributed by atoms with Crippen molar-refractivity contribution in [2.75, 3.05) is 6.54 Å². The molecule has 0 radical (unpaired) electrons. The van der Waals surface area contributed by atoms with E-state index in [1.165, 1.54) is 12.5 Å². The maximum absolute atomic E-state index is 12.1. The van der Waals surface area contributed by atoms with Crippen molar-refractivity contribution in [1.29, 1.82) is 0 Å². The molecular weight excluding hydrogens is 251 g/mol. The lowest BCUT2D eigenvalue weighted by molar-refractivity contribution is -0.143. The van der Waals surface area contributed by atoms with E-state index < -0.39 is 24.7 Å². The molecule has 1 aromatic rings. The molecule has 1 unspecified atom stereocenters. The first-order chi connectivity index (χ1) is 8.38. The van der Waals surface area contributed by atoms with Gasteiger partial charge in [-0.2, -0.15) is 13.2 Å². The average Bonchev–Trinajstić information content (AvgIpc) is 2.97. The molecule has 1 heterocycles. The van der Waals surface area contributed by atoms with E-state index in [1.54, 1.807) is 4.57 Å². The van der Waals surface area contributed by atoms with Gasteiger partial charge in [-0.05, 0) is 12.8 Å². The van der Waals surface area contributed by atoms with Crippen molar-refractivity contribution in [2.24, 2.45) is 0 Å². The van der Waals surface area contributed by atoms with Gasteiger partial charge in [-0.1, -0.05) is 0 Å². The summed E-state index contributed by atoms with van der Waals surface area (Å²) in [5, 5.41) is 11.0. The first-order valence-electron chi connectivity index (χ1n) is 5.43. The van der Waals surface area contributed by atoms with Crippen LogP contribution in [0.5, 0.6) is 0 Å². The quantitative estimate of drug-likeness (QED) is 0.844. The molecule has 0 aromatic carbocycles. The highest BCUT2D eigenvalue weighted by Gasteiger charge is 2.34. The molecule has 0 amide bonds. The van der Waals surface area contributed by atoms with E-state index >= 15 is 0 Å². The van der Waals surface area contributed by atoms with Gasteiger partial charge < -0.3 is 9.67 Å². The summed E-state index contributed by atoms with van der Waals surface area (Å²) in [4.78, 5) is 14.8. The standard InChI is InChI=1S/C10H12F3N3O2/c11-10(12,13)4-15-8(9(17)18)7-3-14-5-16(7)6-1-2-6/h3,5-6,8,15H,1-2,4H2,(H,17,18). The topological polar surface area (TPSA) is 67.2 Å². The predicted molar refractivity (Wildman–Crippen MR) is 54.9 cm³/mol. The number of rotatable bonds is 5. The Kier molecular flexibility index (Phi) is 3.29. The summed E-state index contributed by atoms with van der Waals surface area (Å²) in [6, 6.07) is -1.23. The maximum Gasteiger partial charge on any atom is 0.401 e. The summed E-state index contributed by atoms with van der Waals surface area (Å²) >= 11 is 0. The lowest BCUT2D eigenvalue weighted by Gasteiger charge is -2.17. The number of nitrogens with zero attached hydrogens (tertiary/aromatic N) is 2. The van der Waals surface area contributed by atoms with E-state index in [-0.39, 0.29) is 11.7 Å². The van der Waals surface area contributed by atoms with Crippen LogP contribution in [0.4, 0.5) is 13.2 Å². The van der Waals surface area contributed by atoms with Crippen LogP contribution in [0.2, 0.25) is 0 Å². The van der Waals surface area contributed by atoms with E-state index in [1.807, 2.05) is 5.32 Å². The van der Waals surface area contributed by atoms with Crippen LogP contribution < -0.4 is 5.32 Å². The zero-order valence-corrected chi connectivity index (χ0v) is 9.31. The van der Waals surface area contributed by atoms with Gasteiger partial charge in [-0.25, -0.2) is 4.98 Å². The van der Waals surface area contributed by atoms with E-state index in [2.05, 4.69) is 4.98 Å². The number of carbonyl (C=O) groups is 1. The lowest BCUT2D eigenvalue weighted by Crippen LogP contribution is -2.37. The molecule has 1 aromatic heterocycles. The zero-order valence-electron chi connectivity index (χ0n) is 9.31. The molecule has 0 bridgehead atoms. The van der Waals surface area contributed by atoms with Gasteiger partial charge in [0, 0.05) is 6.04 Å². The van der Waals surface area contributed by atoms with Crippen LogP contribution in [-0.4, -0.2) is 33.3 Å². The summed E-state index contributed by atoms with van der Waals surface area (Å²) in [6.45, 7) is -1.35. The van der Waals surface area contributed by atoms with Crippen LogP contribution >= 0.6 is 0 Å². The molecule has 0 saturated heterocycles. The summed E-state index contributed by atoms with van der Waals surface area (Å²) < 4.78 is 38.0. The van der Waals surface area contributed by atoms with Crippen LogP contribution in [0.15, 0.2) is 12.5 Å². The van der Waals surface area contributed by atoms with Crippen LogP contribution in [-0.2, 0) is 4.79 Å². The third-order valence-corrected chi connectivity index (χ3v) is 2.69. The highest BCUT2D eigenvalue weighted by Crippen LogP contribution is 2.37. The zero-order chi connectivity index (χ0) is 13.3. The van der Waals surface area contributed by atoms with E-state index in [0.717, 1.165) is 12.8 Å². The highest BCUT2D eigenvalue weighted by molar-refractivity contribution is 5.74. The van der Waals surface area contributed by atoms with E-state index in [0.29, 0.717) is 0 Å². The predicted octanol–water partition coefficient (Wildman–Crippen LogP) is 1.50. The molecule has 2 N–H and O–H groups in total. The molecule has 0 spiro atoms. The molecule has 1 fully saturated rings. The van der Waals surface area contributed by atoms with Gasteiger partial charge in [0.25, 0.3) is 0 Å². The lowest BCUT2D eigenvalue weighted by atomic mass is 10.2. The second-order valence-corrected chi connectivity index (χ2v) is 4.22. The van der Waals surface area contributed by atoms with Crippen LogP contribution in [0.25, 0.3) is 0 Å². The van der Waals surface area contributed by atoms with Crippen molar-refractivity contribution in [3.8, 4) is 0 Å². The molecule has 0 aliphatic heterocycles. The summed E-state index contributed by atoms with van der Waals surface area (Å²) in [6.07, 6.45) is 0.0980. The van der Waals surface area contributed by atoms with Crippen molar-refractivity contribution < 1.29 is 23.1 Å². The summed E-state index contributed by atoms with van der Waals surface area (Å²) in [5.74, 6) is -1.35. The minimum Gasteiger partial charge on any atom is -0.480 e. The van der Waals surface area contributed by atoms with Crippen molar-refractivity contribution in [3.63, 3.8) is 0 Å². The largest absolute Gasteiger partial charge is 0.480 e. The van der Waals surface area contributed by atoms with Crippen LogP contribution in [0.1, 0.15) is 30.6 Å². The molecule has 1 saturated carbocycles. The monoisotopic (exact) mass is 263 g/mol. The van der Waals surface area contributed by atoms with E-state index in [4.69, 9.17) is 5.11 Å². The van der Waals surface area contributed by atoms with Gasteiger partial charge in [0.1, 0.15) is 6.04 Å². The SMILES string of the molecule is O=C(O)C(NCC(F)(F)F)c1cncn1C1CC1. The summed E-state index contributed by atoms with van der Waals surface area (Å²) in [5.41, 5.74) is 0.259. The van der Waals surface area contributed by atoms with E-state index in [9.17, 15) is 18.0 Å². The number of imidazole rings is 1. The molecule has 2 rings (SSSR count). The third-order valence-electron chi connectivity index (χ3n) is 2.69. The number of hydrogen-bond donors (Lipinski definition) is 2. The van der Waals surface area contributed by atoms with Crippen molar-refractivity contribution in [2.45, 2.75) is 31.1 Å². The van der Waals surface area contributed by atoms with Crippen molar-refractivity contribution >= 4 is 5.97 Å². The molecular formula is C10H12F3N3O2. The normalized spacial score (nSPS) is 17.7. The van der Waals surface area contributed by atoms with Crippen LogP contribution in [0.3, 0.4) is 0 Å². The Labute approximate surface area is 101 Å². The number of alkyl halides is 3. The van der Waals surface area contributed by atoms with Gasteiger partial charge in [-0.15, -0.1) is 0 Å². The second kappa shape index (κ2) is 4.60. The fraction of sp³-hybridized carbons (Fsp3) is 0.600. The average molecular weight is 263 g/mol. The Morgan fingerprint density at radius 2 is 2.28 bits per heavy atom. The molecule has 8 heteroatoms. The Morgan fingerprint density at radius 3 is 2.78 bits per heavy atom. The number of carboxylic acids is 1. The minimum atomic E-state index is -4.45. The maximum atomic E-state index is 12.1. The number of carboxylic acid groups (broad SMARTS) is 1. The second-order valence-electron chi connectivity index (χ2n) is 4.22. The highest BCUT2D eigenvalue weighted by atomic mass is 19.4. The van der Waals surface area contributed by atoms with Crippen LogP contribution in [0, 0.1) is 0 Å². The summed E-state index contributed by atoms with van der Waals surface area (Å²) in [7, 11) is 0. The van der Waals surface area contributed by atoms with Gasteiger partial charge >= 0.3 is 12.1 Å². The first kappa shape index (κ1) is 12.9. The number of hydrogen-bond acceptors (Lipinski definition) is 3. The van der Waals surface area contributed by atoms with Crippen molar-refractivity contribution in [3.05, 3.63) is 18.2 Å². The Morgan fingerprint density at radius 1 is 1.61 bits per heavy atom. The fourth-order valence-electron chi connectivity index (χ4n) is 1.73. The number of aromatic nitrogens is 2. The van der Waals surface area contributed by atoms with Gasteiger partial charge in [0.15, 0.2) is 0 Å². The van der Waals surface area contributed by atoms with Gasteiger partial charge in [-0.3, -0.25) is 10.1 Å². The van der Waals surface area contributed by atoms with Gasteiger partial charge in [0.2, 0.25) is 0 Å². The van der Waals surface area contributed by atoms with Gasteiger partial charge in [0.05, 0.1) is 24.8 Å². The Hall–Kier alpha value is -1.57. The molecule has 5 nitrogen and oxygen atoms in total. The van der Waals surface area contributed by atoms with Crippen molar-refractivity contribution in [1.82, 2.24) is 14.9 Å². The Balaban J connectivity index is 2.14. The fourth-order valence-corrected chi connectivity index (χ4v) is 1.73.